The van der Waals surface area contributed by atoms with E-state index < -0.39 is 5.82 Å². The van der Waals surface area contributed by atoms with Gasteiger partial charge in [0.2, 0.25) is 5.88 Å². The second kappa shape index (κ2) is 8.07. The van der Waals surface area contributed by atoms with E-state index >= 15 is 0 Å². The zero-order valence-electron chi connectivity index (χ0n) is 12.1. The number of rotatable bonds is 6. The number of halogens is 2. The molecule has 1 N–H and O–H groups in total. The third-order valence-corrected chi connectivity index (χ3v) is 3.79. The van der Waals surface area contributed by atoms with Crippen molar-refractivity contribution in [3.05, 3.63) is 57.0 Å². The van der Waals surface area contributed by atoms with Gasteiger partial charge >= 0.3 is 0 Å². The highest BCUT2D eigenvalue weighted by Gasteiger charge is 2.10. The number of nitrogens with zero attached hydrogens (tertiary/aromatic N) is 1. The van der Waals surface area contributed by atoms with Crippen LogP contribution in [0.4, 0.5) is 4.39 Å². The molecule has 22 heavy (non-hydrogen) atoms. The van der Waals surface area contributed by atoms with Crippen molar-refractivity contribution in [1.82, 2.24) is 10.3 Å². The Hall–Kier alpha value is -1.70. The maximum Gasteiger partial charge on any atom is 0.251 e. The Labute approximate surface area is 142 Å². The number of carbonyl (C=O) groups excluding carboxylic acids is 1. The molecular weight excluding hydrogens is 398 g/mol. The van der Waals surface area contributed by atoms with E-state index in [0.717, 1.165) is 12.0 Å². The van der Waals surface area contributed by atoms with E-state index in [4.69, 9.17) is 4.74 Å². The van der Waals surface area contributed by atoms with Crippen LogP contribution in [0, 0.1) is 9.39 Å². The fourth-order valence-electron chi connectivity index (χ4n) is 1.80. The maximum atomic E-state index is 13.5. The van der Waals surface area contributed by atoms with Crippen LogP contribution >= 0.6 is 22.6 Å². The minimum atomic E-state index is -0.401. The number of nitrogens with one attached hydrogen (secondary N) is 1. The Balaban J connectivity index is 2.03. The van der Waals surface area contributed by atoms with Gasteiger partial charge in [0, 0.05) is 27.4 Å². The first-order valence-electron chi connectivity index (χ1n) is 6.91. The Morgan fingerprint density at radius 2 is 2.23 bits per heavy atom. The Bertz CT molecular complexity index is 664. The highest BCUT2D eigenvalue weighted by molar-refractivity contribution is 14.1. The predicted octanol–water partition coefficient (Wildman–Crippen LogP) is 3.54. The zero-order valence-corrected chi connectivity index (χ0v) is 14.3. The first kappa shape index (κ1) is 16.7. The lowest BCUT2D eigenvalue weighted by Gasteiger charge is -2.10. The second-order valence-corrected chi connectivity index (χ2v) is 5.79. The molecule has 0 bridgehead atoms. The van der Waals surface area contributed by atoms with Crippen LogP contribution in [0.2, 0.25) is 0 Å². The zero-order chi connectivity index (χ0) is 15.9. The van der Waals surface area contributed by atoms with Crippen molar-refractivity contribution in [2.75, 3.05) is 6.61 Å². The van der Waals surface area contributed by atoms with Gasteiger partial charge in [-0.05, 0) is 53.3 Å². The highest BCUT2D eigenvalue weighted by Crippen LogP contribution is 2.15. The van der Waals surface area contributed by atoms with Crippen LogP contribution in [-0.4, -0.2) is 17.5 Å². The summed E-state index contributed by atoms with van der Waals surface area (Å²) in [6.45, 7) is 2.86. The topological polar surface area (TPSA) is 51.2 Å². The molecule has 0 aliphatic carbocycles. The molecule has 0 fully saturated rings. The largest absolute Gasteiger partial charge is 0.477 e. The van der Waals surface area contributed by atoms with Gasteiger partial charge in [-0.2, -0.15) is 0 Å². The van der Waals surface area contributed by atoms with Gasteiger partial charge < -0.3 is 10.1 Å². The number of aromatic nitrogens is 1. The van der Waals surface area contributed by atoms with Gasteiger partial charge in [-0.25, -0.2) is 9.37 Å². The summed E-state index contributed by atoms with van der Waals surface area (Å²) in [5.74, 6) is -0.222. The van der Waals surface area contributed by atoms with Crippen LogP contribution in [0.3, 0.4) is 0 Å². The molecule has 0 aliphatic rings. The van der Waals surface area contributed by atoms with Crippen molar-refractivity contribution < 1.29 is 13.9 Å². The van der Waals surface area contributed by atoms with Crippen LogP contribution in [0.5, 0.6) is 5.88 Å². The number of hydrogen-bond donors (Lipinski definition) is 1. The second-order valence-electron chi connectivity index (χ2n) is 4.63. The summed E-state index contributed by atoms with van der Waals surface area (Å²) >= 11 is 1.88. The monoisotopic (exact) mass is 414 g/mol. The van der Waals surface area contributed by atoms with Crippen molar-refractivity contribution in [3.8, 4) is 5.88 Å². The first-order chi connectivity index (χ1) is 10.6. The molecule has 1 heterocycles. The third-order valence-electron chi connectivity index (χ3n) is 2.91. The summed E-state index contributed by atoms with van der Waals surface area (Å²) in [6, 6.07) is 8.02. The molecule has 0 saturated heterocycles. The summed E-state index contributed by atoms with van der Waals surface area (Å²) in [6.07, 6.45) is 2.52. The molecule has 0 unspecified atom stereocenters. The summed E-state index contributed by atoms with van der Waals surface area (Å²) in [5.41, 5.74) is 1.08. The van der Waals surface area contributed by atoms with Crippen LogP contribution in [0.1, 0.15) is 29.3 Å². The molecule has 4 nitrogen and oxygen atoms in total. The molecular formula is C16H16FIN2O2. The molecule has 2 rings (SSSR count). The van der Waals surface area contributed by atoms with Crippen LogP contribution in [0.25, 0.3) is 0 Å². The molecule has 0 aliphatic heterocycles. The molecule has 0 saturated carbocycles. The standard InChI is InChI=1S/C16H16FIN2O2/c1-2-8-22-16-12(4-3-7-19-16)10-20-15(21)11-5-6-14(18)13(17)9-11/h3-7,9H,2,8,10H2,1H3,(H,20,21). The fourth-order valence-corrected chi connectivity index (χ4v) is 2.14. The maximum absolute atomic E-state index is 13.5. The Kier molecular flexibility index (Phi) is 6.11. The van der Waals surface area contributed by atoms with Gasteiger partial charge in [0.1, 0.15) is 5.82 Å². The Morgan fingerprint density at radius 3 is 2.95 bits per heavy atom. The van der Waals surface area contributed by atoms with E-state index in [2.05, 4.69) is 10.3 Å². The van der Waals surface area contributed by atoms with Gasteiger partial charge in [-0.1, -0.05) is 13.0 Å². The SMILES string of the molecule is CCCOc1ncccc1CNC(=O)c1ccc(I)c(F)c1. The fraction of sp³-hybridized carbons (Fsp3) is 0.250. The van der Waals surface area contributed by atoms with E-state index in [1.807, 2.05) is 35.6 Å². The first-order valence-corrected chi connectivity index (χ1v) is 7.99. The molecule has 0 radical (unpaired) electrons. The van der Waals surface area contributed by atoms with Crippen molar-refractivity contribution in [3.63, 3.8) is 0 Å². The minimum absolute atomic E-state index is 0.277. The van der Waals surface area contributed by atoms with Crippen LogP contribution in [-0.2, 0) is 6.54 Å². The number of pyridine rings is 1. The minimum Gasteiger partial charge on any atom is -0.477 e. The third kappa shape index (κ3) is 4.40. The van der Waals surface area contributed by atoms with Crippen molar-refractivity contribution >= 4 is 28.5 Å². The van der Waals surface area contributed by atoms with Gasteiger partial charge in [0.25, 0.3) is 5.91 Å². The molecule has 116 valence electrons. The van der Waals surface area contributed by atoms with Gasteiger partial charge in [-0.15, -0.1) is 0 Å². The van der Waals surface area contributed by atoms with E-state index in [0.29, 0.717) is 16.1 Å². The van der Waals surface area contributed by atoms with Crippen molar-refractivity contribution in [2.45, 2.75) is 19.9 Å². The van der Waals surface area contributed by atoms with E-state index in [1.165, 1.54) is 6.07 Å². The van der Waals surface area contributed by atoms with E-state index in [1.54, 1.807) is 24.4 Å². The Morgan fingerprint density at radius 1 is 1.41 bits per heavy atom. The van der Waals surface area contributed by atoms with Gasteiger partial charge in [-0.3, -0.25) is 4.79 Å². The number of carbonyl (C=O) groups is 1. The highest BCUT2D eigenvalue weighted by atomic mass is 127. The molecule has 2 aromatic rings. The molecule has 0 spiro atoms. The van der Waals surface area contributed by atoms with Gasteiger partial charge in [0.05, 0.1) is 6.61 Å². The lowest BCUT2D eigenvalue weighted by atomic mass is 10.2. The molecule has 1 aromatic heterocycles. The van der Waals surface area contributed by atoms with E-state index in [9.17, 15) is 9.18 Å². The normalized spacial score (nSPS) is 10.3. The van der Waals surface area contributed by atoms with Gasteiger partial charge in [0.15, 0.2) is 0 Å². The van der Waals surface area contributed by atoms with Crippen LogP contribution < -0.4 is 10.1 Å². The smallest absolute Gasteiger partial charge is 0.251 e. The van der Waals surface area contributed by atoms with Crippen molar-refractivity contribution in [1.29, 1.82) is 0 Å². The average Bonchev–Trinajstić information content (AvgIpc) is 2.54. The summed E-state index contributed by atoms with van der Waals surface area (Å²) in [4.78, 5) is 16.2. The number of hydrogen-bond acceptors (Lipinski definition) is 3. The summed E-state index contributed by atoms with van der Waals surface area (Å²) in [7, 11) is 0. The lowest BCUT2D eigenvalue weighted by molar-refractivity contribution is 0.0950. The summed E-state index contributed by atoms with van der Waals surface area (Å²) in [5, 5.41) is 2.75. The average molecular weight is 414 g/mol. The summed E-state index contributed by atoms with van der Waals surface area (Å²) < 4.78 is 19.5. The molecule has 6 heteroatoms. The molecule has 1 aromatic carbocycles. The van der Waals surface area contributed by atoms with E-state index in [-0.39, 0.29) is 18.0 Å². The number of benzene rings is 1. The quantitative estimate of drug-likeness (QED) is 0.736. The number of amides is 1. The van der Waals surface area contributed by atoms with Crippen molar-refractivity contribution in [2.24, 2.45) is 0 Å². The number of ether oxygens (including phenoxy) is 1. The molecule has 0 atom stereocenters. The predicted molar refractivity (Wildman–Crippen MR) is 90.3 cm³/mol. The van der Waals surface area contributed by atoms with Crippen LogP contribution in [0.15, 0.2) is 36.5 Å². The molecule has 1 amide bonds. The lowest BCUT2D eigenvalue weighted by Crippen LogP contribution is -2.23.